The van der Waals surface area contributed by atoms with Crippen LogP contribution >= 0.6 is 0 Å². The Balaban J connectivity index is 2.46. The van der Waals surface area contributed by atoms with Gasteiger partial charge >= 0.3 is 0 Å². The molecule has 1 aromatic rings. The van der Waals surface area contributed by atoms with Gasteiger partial charge in [-0.2, -0.15) is 0 Å². The minimum atomic E-state index is 0.179. The Morgan fingerprint density at radius 1 is 1.31 bits per heavy atom. The molecular formula is C15H22O. The minimum Gasteiger partial charge on any atom is -0.392 e. The SMILES string of the molecule is CC(=CCC[C@H](C)c1ccc(C)cc1)CO. The van der Waals surface area contributed by atoms with E-state index in [2.05, 4.69) is 44.2 Å². The summed E-state index contributed by atoms with van der Waals surface area (Å²) >= 11 is 0. The number of allylic oxidation sites excluding steroid dienone is 1. The summed E-state index contributed by atoms with van der Waals surface area (Å²) in [5.74, 6) is 0.586. The van der Waals surface area contributed by atoms with Crippen LogP contribution in [0.25, 0.3) is 0 Å². The monoisotopic (exact) mass is 218 g/mol. The predicted molar refractivity (Wildman–Crippen MR) is 69.7 cm³/mol. The lowest BCUT2D eigenvalue weighted by Gasteiger charge is -2.10. The van der Waals surface area contributed by atoms with E-state index in [0.717, 1.165) is 18.4 Å². The number of aryl methyl sites for hydroxylation is 1. The van der Waals surface area contributed by atoms with Gasteiger partial charge in [-0.1, -0.05) is 48.4 Å². The molecule has 0 unspecified atom stereocenters. The van der Waals surface area contributed by atoms with Crippen molar-refractivity contribution in [3.8, 4) is 0 Å². The summed E-state index contributed by atoms with van der Waals surface area (Å²) in [6, 6.07) is 8.76. The van der Waals surface area contributed by atoms with Crippen LogP contribution in [0.1, 0.15) is 43.7 Å². The molecule has 0 saturated heterocycles. The van der Waals surface area contributed by atoms with Gasteiger partial charge in [-0.05, 0) is 38.2 Å². The van der Waals surface area contributed by atoms with Crippen molar-refractivity contribution in [3.63, 3.8) is 0 Å². The molecule has 0 heterocycles. The second-order valence-corrected chi connectivity index (χ2v) is 4.60. The highest BCUT2D eigenvalue weighted by Crippen LogP contribution is 2.21. The molecule has 1 atom stereocenters. The van der Waals surface area contributed by atoms with Gasteiger partial charge in [0.05, 0.1) is 6.61 Å². The Bertz CT molecular complexity index is 335. The third kappa shape index (κ3) is 4.19. The summed E-state index contributed by atoms with van der Waals surface area (Å²) in [5, 5.41) is 8.88. The molecule has 0 radical (unpaired) electrons. The zero-order valence-electron chi connectivity index (χ0n) is 10.5. The zero-order chi connectivity index (χ0) is 12.0. The van der Waals surface area contributed by atoms with Gasteiger partial charge in [0.1, 0.15) is 0 Å². The molecule has 0 aromatic heterocycles. The average Bonchev–Trinajstić information content (AvgIpc) is 2.29. The van der Waals surface area contributed by atoms with E-state index in [1.807, 2.05) is 6.92 Å². The number of aliphatic hydroxyl groups excluding tert-OH is 1. The normalized spacial score (nSPS) is 13.9. The van der Waals surface area contributed by atoms with Gasteiger partial charge in [0.25, 0.3) is 0 Å². The van der Waals surface area contributed by atoms with Gasteiger partial charge < -0.3 is 5.11 Å². The van der Waals surface area contributed by atoms with Gasteiger partial charge in [0.2, 0.25) is 0 Å². The average molecular weight is 218 g/mol. The number of hydrogen-bond acceptors (Lipinski definition) is 1. The molecule has 1 nitrogen and oxygen atoms in total. The molecule has 1 heteroatoms. The maximum atomic E-state index is 8.88. The molecule has 0 bridgehead atoms. The third-order valence-electron chi connectivity index (χ3n) is 2.99. The van der Waals surface area contributed by atoms with Crippen molar-refractivity contribution in [2.45, 2.75) is 39.5 Å². The first-order valence-corrected chi connectivity index (χ1v) is 5.96. The molecule has 1 rings (SSSR count). The van der Waals surface area contributed by atoms with Crippen LogP contribution in [0.5, 0.6) is 0 Å². The van der Waals surface area contributed by atoms with Crippen LogP contribution in [0, 0.1) is 6.92 Å². The van der Waals surface area contributed by atoms with Crippen molar-refractivity contribution in [1.82, 2.24) is 0 Å². The van der Waals surface area contributed by atoms with E-state index in [4.69, 9.17) is 5.11 Å². The van der Waals surface area contributed by atoms with E-state index >= 15 is 0 Å². The first-order chi connectivity index (χ1) is 7.63. The Morgan fingerprint density at radius 3 is 2.50 bits per heavy atom. The first kappa shape index (κ1) is 13.0. The first-order valence-electron chi connectivity index (χ1n) is 5.96. The summed E-state index contributed by atoms with van der Waals surface area (Å²) < 4.78 is 0. The summed E-state index contributed by atoms with van der Waals surface area (Å²) in [6.07, 6.45) is 4.31. The maximum Gasteiger partial charge on any atom is 0.0639 e. The molecule has 88 valence electrons. The fourth-order valence-corrected chi connectivity index (χ4v) is 1.71. The van der Waals surface area contributed by atoms with E-state index in [1.165, 1.54) is 11.1 Å². The summed E-state index contributed by atoms with van der Waals surface area (Å²) in [6.45, 7) is 6.52. The van der Waals surface area contributed by atoms with Gasteiger partial charge in [-0.3, -0.25) is 0 Å². The van der Waals surface area contributed by atoms with E-state index in [-0.39, 0.29) is 6.61 Å². The Morgan fingerprint density at radius 2 is 1.94 bits per heavy atom. The van der Waals surface area contributed by atoms with Gasteiger partial charge in [0, 0.05) is 0 Å². The van der Waals surface area contributed by atoms with Gasteiger partial charge in [-0.25, -0.2) is 0 Å². The van der Waals surface area contributed by atoms with Crippen LogP contribution in [-0.2, 0) is 0 Å². The second-order valence-electron chi connectivity index (χ2n) is 4.60. The summed E-state index contributed by atoms with van der Waals surface area (Å²) in [7, 11) is 0. The Labute approximate surface area is 98.8 Å². The number of aliphatic hydroxyl groups is 1. The Kier molecular flexibility index (Phi) is 5.27. The molecule has 1 aromatic carbocycles. The smallest absolute Gasteiger partial charge is 0.0639 e. The fraction of sp³-hybridized carbons (Fsp3) is 0.467. The van der Waals surface area contributed by atoms with E-state index < -0.39 is 0 Å². The highest BCUT2D eigenvalue weighted by atomic mass is 16.3. The summed E-state index contributed by atoms with van der Waals surface area (Å²) in [5.41, 5.74) is 3.78. The lowest BCUT2D eigenvalue weighted by molar-refractivity contribution is 0.331. The topological polar surface area (TPSA) is 20.2 Å². The lowest BCUT2D eigenvalue weighted by atomic mass is 9.95. The van der Waals surface area contributed by atoms with E-state index in [0.29, 0.717) is 5.92 Å². The highest BCUT2D eigenvalue weighted by Gasteiger charge is 2.03. The third-order valence-corrected chi connectivity index (χ3v) is 2.99. The van der Waals surface area contributed by atoms with Crippen molar-refractivity contribution < 1.29 is 5.11 Å². The van der Waals surface area contributed by atoms with Crippen LogP contribution < -0.4 is 0 Å². The maximum absolute atomic E-state index is 8.88. The summed E-state index contributed by atoms with van der Waals surface area (Å²) in [4.78, 5) is 0. The number of hydrogen-bond donors (Lipinski definition) is 1. The van der Waals surface area contributed by atoms with Crippen molar-refractivity contribution >= 4 is 0 Å². The van der Waals surface area contributed by atoms with Crippen LogP contribution in [0.15, 0.2) is 35.9 Å². The second kappa shape index (κ2) is 6.49. The fourth-order valence-electron chi connectivity index (χ4n) is 1.71. The van der Waals surface area contributed by atoms with Crippen LogP contribution in [0.3, 0.4) is 0 Å². The van der Waals surface area contributed by atoms with Gasteiger partial charge in [-0.15, -0.1) is 0 Å². The molecule has 0 fully saturated rings. The zero-order valence-corrected chi connectivity index (χ0v) is 10.5. The predicted octanol–water partition coefficient (Wildman–Crippen LogP) is 3.82. The lowest BCUT2D eigenvalue weighted by Crippen LogP contribution is -1.93. The van der Waals surface area contributed by atoms with Crippen LogP contribution in [0.4, 0.5) is 0 Å². The molecule has 0 spiro atoms. The molecule has 0 aliphatic rings. The highest BCUT2D eigenvalue weighted by molar-refractivity contribution is 5.24. The van der Waals surface area contributed by atoms with Crippen molar-refractivity contribution in [2.75, 3.05) is 6.61 Å². The molecule has 0 saturated carbocycles. The van der Waals surface area contributed by atoms with Crippen molar-refractivity contribution in [1.29, 1.82) is 0 Å². The Hall–Kier alpha value is -1.08. The molecule has 0 aliphatic carbocycles. The molecule has 16 heavy (non-hydrogen) atoms. The quantitative estimate of drug-likeness (QED) is 0.745. The minimum absolute atomic E-state index is 0.179. The number of benzene rings is 1. The molecular weight excluding hydrogens is 196 g/mol. The van der Waals surface area contributed by atoms with Gasteiger partial charge in [0.15, 0.2) is 0 Å². The molecule has 0 aliphatic heterocycles. The standard InChI is InChI=1S/C15H22O/c1-12-7-9-15(10-8-12)14(3)6-4-5-13(2)11-16/h5,7-10,14,16H,4,6,11H2,1-3H3/t14-/m0/s1. The van der Waals surface area contributed by atoms with Crippen molar-refractivity contribution in [3.05, 3.63) is 47.0 Å². The van der Waals surface area contributed by atoms with E-state index in [9.17, 15) is 0 Å². The van der Waals surface area contributed by atoms with E-state index in [1.54, 1.807) is 0 Å². The van der Waals surface area contributed by atoms with Crippen molar-refractivity contribution in [2.24, 2.45) is 0 Å². The largest absolute Gasteiger partial charge is 0.392 e. The molecule has 1 N–H and O–H groups in total. The van der Waals surface area contributed by atoms with Crippen LogP contribution in [0.2, 0.25) is 0 Å². The van der Waals surface area contributed by atoms with Crippen LogP contribution in [-0.4, -0.2) is 11.7 Å². The number of rotatable bonds is 5. The molecule has 0 amide bonds.